The van der Waals surface area contributed by atoms with Crippen LogP contribution in [0.4, 0.5) is 8.78 Å². The lowest BCUT2D eigenvalue weighted by Gasteiger charge is -2.18. The lowest BCUT2D eigenvalue weighted by molar-refractivity contribution is -0.132. The van der Waals surface area contributed by atoms with Crippen LogP contribution in [0.1, 0.15) is 12.0 Å². The molecule has 2 aromatic rings. The van der Waals surface area contributed by atoms with Gasteiger partial charge in [-0.25, -0.2) is 8.78 Å². The number of carbonyl (C=O) groups excluding carboxylic acids is 1. The molecule has 3 rings (SSSR count). The van der Waals surface area contributed by atoms with Gasteiger partial charge >= 0.3 is 0 Å². The monoisotopic (exact) mass is 376 g/mol. The van der Waals surface area contributed by atoms with E-state index in [9.17, 15) is 18.5 Å². The average molecular weight is 376 g/mol. The molecule has 2 aromatic carbocycles. The van der Waals surface area contributed by atoms with E-state index in [1.54, 1.807) is 29.2 Å². The highest BCUT2D eigenvalue weighted by Gasteiger charge is 2.28. The van der Waals surface area contributed by atoms with Gasteiger partial charge in [-0.05, 0) is 29.8 Å². The predicted molar refractivity (Wildman–Crippen MR) is 93.4 cm³/mol. The summed E-state index contributed by atoms with van der Waals surface area (Å²) in [7, 11) is 0. The lowest BCUT2D eigenvalue weighted by atomic mass is 10.2. The van der Waals surface area contributed by atoms with Crippen LogP contribution in [0.5, 0.6) is 11.5 Å². The molecule has 1 fully saturated rings. The quantitative estimate of drug-likeness (QED) is 0.696. The SMILES string of the molecule is O=NCc1ccc(OCC(=O)N2CCC(Oc3cc(F)ccc3F)C2)cc1. The van der Waals surface area contributed by atoms with Crippen molar-refractivity contribution in [3.63, 3.8) is 0 Å². The molecule has 1 aliphatic heterocycles. The summed E-state index contributed by atoms with van der Waals surface area (Å²) in [6.45, 7) is 0.669. The van der Waals surface area contributed by atoms with Crippen LogP contribution in [0, 0.1) is 16.5 Å². The average Bonchev–Trinajstić information content (AvgIpc) is 3.13. The normalized spacial score (nSPS) is 16.2. The number of hydrogen-bond donors (Lipinski definition) is 0. The number of amides is 1. The molecule has 8 heteroatoms. The van der Waals surface area contributed by atoms with Crippen molar-refractivity contribution in [2.24, 2.45) is 5.18 Å². The van der Waals surface area contributed by atoms with E-state index in [0.29, 0.717) is 18.7 Å². The molecule has 0 N–H and O–H groups in total. The zero-order chi connectivity index (χ0) is 19.2. The Labute approximate surface area is 154 Å². The van der Waals surface area contributed by atoms with Gasteiger partial charge in [0.15, 0.2) is 18.2 Å². The summed E-state index contributed by atoms with van der Waals surface area (Å²) in [5.41, 5.74) is 0.757. The van der Waals surface area contributed by atoms with Gasteiger partial charge in [-0.15, -0.1) is 0 Å². The molecule has 6 nitrogen and oxygen atoms in total. The summed E-state index contributed by atoms with van der Waals surface area (Å²) >= 11 is 0. The van der Waals surface area contributed by atoms with Crippen molar-refractivity contribution >= 4 is 5.91 Å². The third kappa shape index (κ3) is 4.99. The molecule has 1 heterocycles. The molecule has 1 saturated heterocycles. The maximum atomic E-state index is 13.6. The first-order valence-electron chi connectivity index (χ1n) is 8.45. The van der Waals surface area contributed by atoms with Gasteiger partial charge in [-0.2, -0.15) is 4.91 Å². The Bertz CT molecular complexity index is 814. The fraction of sp³-hybridized carbons (Fsp3) is 0.316. The van der Waals surface area contributed by atoms with Crippen LogP contribution < -0.4 is 9.47 Å². The van der Waals surface area contributed by atoms with Crippen molar-refractivity contribution in [1.29, 1.82) is 0 Å². The topological polar surface area (TPSA) is 68.2 Å². The predicted octanol–water partition coefficient (Wildman–Crippen LogP) is 3.29. The zero-order valence-electron chi connectivity index (χ0n) is 14.4. The van der Waals surface area contributed by atoms with Crippen molar-refractivity contribution < 1.29 is 23.0 Å². The second kappa shape index (κ2) is 8.57. The first kappa shape index (κ1) is 18.8. The van der Waals surface area contributed by atoms with E-state index in [1.165, 1.54) is 0 Å². The summed E-state index contributed by atoms with van der Waals surface area (Å²) in [6, 6.07) is 9.75. The molecule has 1 aliphatic rings. The fourth-order valence-corrected chi connectivity index (χ4v) is 2.80. The van der Waals surface area contributed by atoms with Crippen molar-refractivity contribution in [3.8, 4) is 11.5 Å². The van der Waals surface area contributed by atoms with Crippen molar-refractivity contribution in [3.05, 3.63) is 64.6 Å². The van der Waals surface area contributed by atoms with E-state index in [0.717, 1.165) is 23.8 Å². The number of carbonyl (C=O) groups is 1. The molecule has 1 amide bonds. The standard InChI is InChI=1S/C19H18F2N2O4/c20-14-3-6-17(21)18(9-14)27-16-7-8-23(11-16)19(24)12-26-15-4-1-13(2-5-15)10-22-25/h1-6,9,16H,7-8,10-12H2. The molecular weight excluding hydrogens is 358 g/mol. The Hall–Kier alpha value is -3.03. The number of ether oxygens (including phenoxy) is 2. The Balaban J connectivity index is 1.48. The molecule has 0 radical (unpaired) electrons. The van der Waals surface area contributed by atoms with Crippen LogP contribution >= 0.6 is 0 Å². The molecule has 0 saturated carbocycles. The van der Waals surface area contributed by atoms with Gasteiger partial charge in [0, 0.05) is 19.0 Å². The maximum absolute atomic E-state index is 13.6. The van der Waals surface area contributed by atoms with E-state index in [4.69, 9.17) is 9.47 Å². The first-order valence-corrected chi connectivity index (χ1v) is 8.45. The van der Waals surface area contributed by atoms with Gasteiger partial charge in [0.05, 0.1) is 6.54 Å². The lowest BCUT2D eigenvalue weighted by Crippen LogP contribution is -2.34. The van der Waals surface area contributed by atoms with Crippen molar-refractivity contribution in [1.82, 2.24) is 4.90 Å². The van der Waals surface area contributed by atoms with Gasteiger partial charge < -0.3 is 14.4 Å². The van der Waals surface area contributed by atoms with Crippen LogP contribution in [0.25, 0.3) is 0 Å². The molecule has 0 bridgehead atoms. The van der Waals surface area contributed by atoms with E-state index >= 15 is 0 Å². The number of rotatable bonds is 7. The summed E-state index contributed by atoms with van der Waals surface area (Å²) in [5, 5.41) is 2.80. The van der Waals surface area contributed by atoms with E-state index < -0.39 is 17.7 Å². The Morgan fingerprint density at radius 3 is 2.70 bits per heavy atom. The van der Waals surface area contributed by atoms with Crippen LogP contribution in [0.15, 0.2) is 47.6 Å². The van der Waals surface area contributed by atoms with Gasteiger partial charge in [-0.3, -0.25) is 4.79 Å². The number of nitroso groups, excluding NO2 is 1. The Morgan fingerprint density at radius 1 is 1.19 bits per heavy atom. The van der Waals surface area contributed by atoms with Crippen LogP contribution in [0.2, 0.25) is 0 Å². The number of benzene rings is 2. The maximum Gasteiger partial charge on any atom is 0.260 e. The molecule has 142 valence electrons. The summed E-state index contributed by atoms with van der Waals surface area (Å²) in [4.78, 5) is 24.0. The van der Waals surface area contributed by atoms with E-state index in [1.807, 2.05) is 0 Å². The molecule has 0 aliphatic carbocycles. The zero-order valence-corrected chi connectivity index (χ0v) is 14.4. The third-order valence-electron chi connectivity index (χ3n) is 4.22. The molecule has 1 atom stereocenters. The van der Waals surface area contributed by atoms with Gasteiger partial charge in [0.25, 0.3) is 5.91 Å². The van der Waals surface area contributed by atoms with Crippen LogP contribution in [-0.4, -0.2) is 36.6 Å². The molecule has 1 unspecified atom stereocenters. The Kier molecular flexibility index (Phi) is 5.95. The minimum atomic E-state index is -0.641. The van der Waals surface area contributed by atoms with Crippen molar-refractivity contribution in [2.45, 2.75) is 19.1 Å². The van der Waals surface area contributed by atoms with Crippen LogP contribution in [-0.2, 0) is 11.3 Å². The van der Waals surface area contributed by atoms with Gasteiger partial charge in [-0.1, -0.05) is 17.3 Å². The minimum Gasteiger partial charge on any atom is -0.485 e. The minimum absolute atomic E-state index is 0.0836. The highest BCUT2D eigenvalue weighted by atomic mass is 19.1. The smallest absolute Gasteiger partial charge is 0.260 e. The van der Waals surface area contributed by atoms with Gasteiger partial charge in [0.1, 0.15) is 24.2 Å². The highest BCUT2D eigenvalue weighted by molar-refractivity contribution is 5.78. The second-order valence-corrected chi connectivity index (χ2v) is 6.16. The fourth-order valence-electron chi connectivity index (χ4n) is 2.80. The van der Waals surface area contributed by atoms with Gasteiger partial charge in [0.2, 0.25) is 0 Å². The number of likely N-dealkylation sites (tertiary alicyclic amines) is 1. The largest absolute Gasteiger partial charge is 0.485 e. The first-order chi connectivity index (χ1) is 13.0. The molecule has 0 spiro atoms. The Morgan fingerprint density at radius 2 is 1.96 bits per heavy atom. The van der Waals surface area contributed by atoms with E-state index in [2.05, 4.69) is 5.18 Å². The molecular formula is C19H18F2N2O4. The number of hydrogen-bond acceptors (Lipinski definition) is 5. The molecule has 27 heavy (non-hydrogen) atoms. The highest BCUT2D eigenvalue weighted by Crippen LogP contribution is 2.23. The number of nitrogens with zero attached hydrogens (tertiary/aromatic N) is 2. The molecule has 0 aromatic heterocycles. The summed E-state index contributed by atoms with van der Waals surface area (Å²) in [5.74, 6) is -1.10. The second-order valence-electron chi connectivity index (χ2n) is 6.16. The number of halogens is 2. The summed E-state index contributed by atoms with van der Waals surface area (Å²) in [6.07, 6.45) is 0.120. The third-order valence-corrected chi connectivity index (χ3v) is 4.22. The van der Waals surface area contributed by atoms with E-state index in [-0.39, 0.29) is 31.4 Å². The summed E-state index contributed by atoms with van der Waals surface area (Å²) < 4.78 is 37.8. The van der Waals surface area contributed by atoms with Crippen LogP contribution in [0.3, 0.4) is 0 Å². The van der Waals surface area contributed by atoms with Crippen molar-refractivity contribution in [2.75, 3.05) is 19.7 Å².